The highest BCUT2D eigenvalue weighted by Gasteiger charge is 2.08. The van der Waals surface area contributed by atoms with Crippen LogP contribution in [0.3, 0.4) is 0 Å². The Labute approximate surface area is 111 Å². The largest absolute Gasteiger partial charge is 0.345 e. The lowest BCUT2D eigenvalue weighted by Crippen LogP contribution is -2.07. The fraction of sp³-hybridized carbons (Fsp3) is 0. The molecule has 4 rings (SSSR count). The lowest BCUT2D eigenvalue weighted by atomic mass is 10.2. The normalized spacial score (nSPS) is 11.4. The second-order valence-electron chi connectivity index (χ2n) is 4.18. The number of aromatic nitrogens is 4. The van der Waals surface area contributed by atoms with Gasteiger partial charge in [-0.2, -0.15) is 0 Å². The number of imidazole rings is 1. The fourth-order valence-electron chi connectivity index (χ4n) is 2.09. The van der Waals surface area contributed by atoms with Gasteiger partial charge in [0, 0.05) is 5.56 Å². The number of fused-ring (bicyclic) bond motifs is 2. The van der Waals surface area contributed by atoms with Crippen molar-refractivity contribution >= 4 is 32.6 Å². The number of thiophene rings is 1. The lowest BCUT2D eigenvalue weighted by molar-refractivity contribution is 1.19. The lowest BCUT2D eigenvalue weighted by Gasteiger charge is -2.01. The molecule has 92 valence electrons. The molecule has 3 heterocycles. The van der Waals surface area contributed by atoms with Crippen LogP contribution in [-0.4, -0.2) is 19.9 Å². The van der Waals surface area contributed by atoms with Gasteiger partial charge in [-0.1, -0.05) is 0 Å². The van der Waals surface area contributed by atoms with Crippen molar-refractivity contribution in [2.24, 2.45) is 0 Å². The van der Waals surface area contributed by atoms with Gasteiger partial charge in [-0.3, -0.25) is 4.79 Å². The summed E-state index contributed by atoms with van der Waals surface area (Å²) in [6, 6.07) is 7.60. The number of nitrogens with zero attached hydrogens (tertiary/aromatic N) is 2. The van der Waals surface area contributed by atoms with Gasteiger partial charge >= 0.3 is 0 Å². The van der Waals surface area contributed by atoms with Gasteiger partial charge in [-0.05, 0) is 29.6 Å². The predicted molar refractivity (Wildman–Crippen MR) is 75.3 cm³/mol. The minimum absolute atomic E-state index is 0.0999. The smallest absolute Gasteiger partial charge is 0.269 e. The minimum Gasteiger partial charge on any atom is -0.345 e. The number of hydrogen-bond acceptors (Lipinski definition) is 4. The molecule has 19 heavy (non-hydrogen) atoms. The molecule has 6 heteroatoms. The first-order valence-corrected chi connectivity index (χ1v) is 6.60. The van der Waals surface area contributed by atoms with Crippen molar-refractivity contribution in [1.82, 2.24) is 19.9 Å². The van der Waals surface area contributed by atoms with Gasteiger partial charge < -0.3 is 9.97 Å². The summed E-state index contributed by atoms with van der Waals surface area (Å²) in [6.45, 7) is 0. The maximum atomic E-state index is 11.9. The molecule has 0 aliphatic carbocycles. The molecule has 0 spiro atoms. The van der Waals surface area contributed by atoms with E-state index in [9.17, 15) is 4.79 Å². The van der Waals surface area contributed by atoms with Crippen molar-refractivity contribution in [3.05, 3.63) is 46.3 Å². The summed E-state index contributed by atoms with van der Waals surface area (Å²) < 4.78 is 0.657. The van der Waals surface area contributed by atoms with Crippen molar-refractivity contribution in [3.63, 3.8) is 0 Å². The van der Waals surface area contributed by atoms with Crippen LogP contribution in [-0.2, 0) is 0 Å². The number of rotatable bonds is 1. The van der Waals surface area contributed by atoms with E-state index in [1.165, 1.54) is 11.3 Å². The van der Waals surface area contributed by atoms with Crippen LogP contribution in [0.1, 0.15) is 0 Å². The second-order valence-corrected chi connectivity index (χ2v) is 5.10. The number of hydrogen-bond donors (Lipinski definition) is 2. The Morgan fingerprint density at radius 2 is 2.11 bits per heavy atom. The monoisotopic (exact) mass is 268 g/mol. The molecule has 0 aliphatic rings. The second kappa shape index (κ2) is 3.76. The van der Waals surface area contributed by atoms with E-state index in [4.69, 9.17) is 0 Å². The summed E-state index contributed by atoms with van der Waals surface area (Å²) >= 11 is 1.40. The first kappa shape index (κ1) is 10.5. The highest BCUT2D eigenvalue weighted by Crippen LogP contribution is 2.21. The SMILES string of the molecule is O=c1[nH]c(-c2ccc3[nH]cnc3c2)nc2ccsc12. The molecular formula is C13H8N4OS. The zero-order valence-electron chi connectivity index (χ0n) is 9.68. The molecule has 0 radical (unpaired) electrons. The summed E-state index contributed by atoms with van der Waals surface area (Å²) in [6.07, 6.45) is 1.65. The van der Waals surface area contributed by atoms with Crippen molar-refractivity contribution < 1.29 is 0 Å². The average molecular weight is 268 g/mol. The van der Waals surface area contributed by atoms with Crippen LogP contribution < -0.4 is 5.56 Å². The quantitative estimate of drug-likeness (QED) is 0.557. The highest BCUT2D eigenvalue weighted by molar-refractivity contribution is 7.17. The van der Waals surface area contributed by atoms with Crippen molar-refractivity contribution in [3.8, 4) is 11.4 Å². The summed E-state index contributed by atoms with van der Waals surface area (Å²) in [4.78, 5) is 26.5. The molecular weight excluding hydrogens is 260 g/mol. The molecule has 0 bridgehead atoms. The van der Waals surface area contributed by atoms with Crippen LogP contribution >= 0.6 is 11.3 Å². The van der Waals surface area contributed by atoms with Crippen LogP contribution in [0.4, 0.5) is 0 Å². The van der Waals surface area contributed by atoms with E-state index in [1.807, 2.05) is 29.6 Å². The van der Waals surface area contributed by atoms with E-state index in [-0.39, 0.29) is 5.56 Å². The summed E-state index contributed by atoms with van der Waals surface area (Å²) in [5.74, 6) is 0.570. The van der Waals surface area contributed by atoms with Gasteiger partial charge in [-0.25, -0.2) is 9.97 Å². The van der Waals surface area contributed by atoms with E-state index < -0.39 is 0 Å². The Morgan fingerprint density at radius 3 is 3.05 bits per heavy atom. The van der Waals surface area contributed by atoms with Gasteiger partial charge in [0.25, 0.3) is 5.56 Å². The minimum atomic E-state index is -0.0999. The van der Waals surface area contributed by atoms with Gasteiger partial charge in [0.05, 0.1) is 22.9 Å². The van der Waals surface area contributed by atoms with Gasteiger partial charge in [0.2, 0.25) is 0 Å². The number of aromatic amines is 2. The van der Waals surface area contributed by atoms with Gasteiger partial charge in [0.15, 0.2) is 0 Å². The van der Waals surface area contributed by atoms with E-state index in [1.54, 1.807) is 6.33 Å². The van der Waals surface area contributed by atoms with Gasteiger partial charge in [0.1, 0.15) is 10.5 Å². The Balaban J connectivity index is 1.99. The fourth-order valence-corrected chi connectivity index (χ4v) is 2.81. The maximum Gasteiger partial charge on any atom is 0.269 e. The van der Waals surface area contributed by atoms with Crippen molar-refractivity contribution in [1.29, 1.82) is 0 Å². The summed E-state index contributed by atoms with van der Waals surface area (Å²) in [5, 5.41) is 1.87. The molecule has 3 aromatic heterocycles. The zero-order valence-corrected chi connectivity index (χ0v) is 10.5. The molecule has 5 nitrogen and oxygen atoms in total. The Morgan fingerprint density at radius 1 is 1.16 bits per heavy atom. The number of nitrogens with one attached hydrogen (secondary N) is 2. The highest BCUT2D eigenvalue weighted by atomic mass is 32.1. The topological polar surface area (TPSA) is 74.4 Å². The molecule has 0 fully saturated rings. The summed E-state index contributed by atoms with van der Waals surface area (Å²) in [5.41, 5.74) is 3.29. The van der Waals surface area contributed by atoms with Crippen LogP contribution in [0.15, 0.2) is 40.8 Å². The van der Waals surface area contributed by atoms with Crippen LogP contribution in [0, 0.1) is 0 Å². The van der Waals surface area contributed by atoms with Crippen molar-refractivity contribution in [2.45, 2.75) is 0 Å². The van der Waals surface area contributed by atoms with E-state index in [0.717, 1.165) is 22.1 Å². The Kier molecular flexibility index (Phi) is 2.07. The predicted octanol–water partition coefficient (Wildman–Crippen LogP) is 2.53. The Bertz CT molecular complexity index is 950. The third-order valence-electron chi connectivity index (χ3n) is 3.01. The number of H-pyrrole nitrogens is 2. The molecule has 0 amide bonds. The third kappa shape index (κ3) is 1.57. The third-order valence-corrected chi connectivity index (χ3v) is 3.91. The molecule has 1 aromatic carbocycles. The molecule has 0 saturated heterocycles. The van der Waals surface area contributed by atoms with Gasteiger partial charge in [-0.15, -0.1) is 11.3 Å². The van der Waals surface area contributed by atoms with Crippen molar-refractivity contribution in [2.75, 3.05) is 0 Å². The molecule has 4 aromatic rings. The van der Waals surface area contributed by atoms with E-state index in [0.29, 0.717) is 10.5 Å². The average Bonchev–Trinajstić information content (AvgIpc) is 3.06. The zero-order chi connectivity index (χ0) is 12.8. The molecule has 0 aliphatic heterocycles. The van der Waals surface area contributed by atoms with Crippen LogP contribution in [0.5, 0.6) is 0 Å². The molecule has 0 unspecified atom stereocenters. The van der Waals surface area contributed by atoms with E-state index in [2.05, 4.69) is 19.9 Å². The molecule has 0 atom stereocenters. The van der Waals surface area contributed by atoms with E-state index >= 15 is 0 Å². The number of benzene rings is 1. The molecule has 0 saturated carbocycles. The van der Waals surface area contributed by atoms with Crippen LogP contribution in [0.2, 0.25) is 0 Å². The van der Waals surface area contributed by atoms with Crippen LogP contribution in [0.25, 0.3) is 32.6 Å². The maximum absolute atomic E-state index is 11.9. The standard InChI is InChI=1S/C13H8N4OS/c18-13-11-9(3-4-19-11)16-12(17-13)7-1-2-8-10(5-7)15-6-14-8/h1-6H,(H,14,15)(H,16,17,18). The molecule has 2 N–H and O–H groups in total. The Hall–Kier alpha value is -2.47. The first-order valence-electron chi connectivity index (χ1n) is 5.72. The summed E-state index contributed by atoms with van der Waals surface area (Å²) in [7, 11) is 0. The first-order chi connectivity index (χ1) is 9.31.